The fourth-order valence-corrected chi connectivity index (χ4v) is 1.26. The Morgan fingerprint density at radius 1 is 1.61 bits per heavy atom. The van der Waals surface area contributed by atoms with Gasteiger partial charge in [-0.2, -0.15) is 0 Å². The first-order valence-corrected chi connectivity index (χ1v) is 5.71. The highest BCUT2D eigenvalue weighted by atomic mass is 16.5. The summed E-state index contributed by atoms with van der Waals surface area (Å²) < 4.78 is 5.14. The summed E-state index contributed by atoms with van der Waals surface area (Å²) in [6.07, 6.45) is 0.427. The van der Waals surface area contributed by atoms with Crippen molar-refractivity contribution in [2.45, 2.75) is 26.4 Å². The van der Waals surface area contributed by atoms with Gasteiger partial charge < -0.3 is 20.8 Å². The number of nitrogens with zero attached hydrogens (tertiary/aromatic N) is 1. The van der Waals surface area contributed by atoms with E-state index in [2.05, 4.69) is 15.3 Å². The van der Waals surface area contributed by atoms with Crippen molar-refractivity contribution >= 4 is 11.7 Å². The summed E-state index contributed by atoms with van der Waals surface area (Å²) in [6.45, 7) is 4.11. The number of rotatable bonds is 6. The van der Waals surface area contributed by atoms with E-state index in [4.69, 9.17) is 10.5 Å². The first-order valence-electron chi connectivity index (χ1n) is 5.71. The molecule has 0 bridgehead atoms. The highest BCUT2D eigenvalue weighted by Crippen LogP contribution is 1.93. The molecule has 7 nitrogen and oxygen atoms in total. The van der Waals surface area contributed by atoms with E-state index < -0.39 is 0 Å². The summed E-state index contributed by atoms with van der Waals surface area (Å²) >= 11 is 0. The number of nitrogens with one attached hydrogen (secondary N) is 2. The van der Waals surface area contributed by atoms with Gasteiger partial charge in [0.25, 0.3) is 5.56 Å². The molecule has 0 saturated heterocycles. The van der Waals surface area contributed by atoms with E-state index >= 15 is 0 Å². The van der Waals surface area contributed by atoms with Crippen molar-refractivity contribution in [3.63, 3.8) is 0 Å². The van der Waals surface area contributed by atoms with Gasteiger partial charge >= 0.3 is 0 Å². The SMILES string of the molecule is CC(C)OCC(=O)NCCc1nc(N)cc(=O)[nH]1. The maximum absolute atomic E-state index is 11.3. The maximum atomic E-state index is 11.3. The number of nitrogens with two attached hydrogens (primary N) is 1. The van der Waals surface area contributed by atoms with Crippen LogP contribution in [0.3, 0.4) is 0 Å². The molecule has 0 atom stereocenters. The lowest BCUT2D eigenvalue weighted by Crippen LogP contribution is -2.31. The molecule has 0 fully saturated rings. The molecule has 0 unspecified atom stereocenters. The highest BCUT2D eigenvalue weighted by Gasteiger charge is 2.04. The van der Waals surface area contributed by atoms with Gasteiger partial charge in [-0.1, -0.05) is 0 Å². The number of ether oxygens (including phenoxy) is 1. The smallest absolute Gasteiger partial charge is 0.252 e. The Kier molecular flexibility index (Phi) is 5.31. The molecule has 0 aliphatic rings. The third-order valence-corrected chi connectivity index (χ3v) is 2.04. The maximum Gasteiger partial charge on any atom is 0.252 e. The van der Waals surface area contributed by atoms with Crippen molar-refractivity contribution < 1.29 is 9.53 Å². The normalized spacial score (nSPS) is 10.6. The number of carbonyl (C=O) groups excluding carboxylic acids is 1. The Balaban J connectivity index is 2.33. The van der Waals surface area contributed by atoms with Gasteiger partial charge in [0.2, 0.25) is 5.91 Å². The van der Waals surface area contributed by atoms with Crippen LogP contribution in [-0.4, -0.2) is 35.1 Å². The van der Waals surface area contributed by atoms with E-state index in [1.807, 2.05) is 13.8 Å². The van der Waals surface area contributed by atoms with E-state index in [9.17, 15) is 9.59 Å². The summed E-state index contributed by atoms with van der Waals surface area (Å²) in [7, 11) is 0. The molecule has 1 aromatic heterocycles. The third-order valence-electron chi connectivity index (χ3n) is 2.04. The molecule has 1 rings (SSSR count). The molecule has 18 heavy (non-hydrogen) atoms. The summed E-state index contributed by atoms with van der Waals surface area (Å²) in [4.78, 5) is 28.9. The predicted octanol–water partition coefficient (Wildman–Crippen LogP) is -0.564. The van der Waals surface area contributed by atoms with Gasteiger partial charge in [-0.25, -0.2) is 4.98 Å². The van der Waals surface area contributed by atoms with Crippen LogP contribution in [0, 0.1) is 0 Å². The van der Waals surface area contributed by atoms with Crippen LogP contribution in [0.4, 0.5) is 5.82 Å². The first-order chi connectivity index (χ1) is 8.47. The molecule has 0 aliphatic heterocycles. The number of H-pyrrole nitrogens is 1. The molecule has 0 radical (unpaired) electrons. The minimum absolute atomic E-state index is 0.0164. The van der Waals surface area contributed by atoms with Crippen LogP contribution in [0.2, 0.25) is 0 Å². The van der Waals surface area contributed by atoms with Gasteiger partial charge in [-0.15, -0.1) is 0 Å². The Morgan fingerprint density at radius 3 is 2.94 bits per heavy atom. The van der Waals surface area contributed by atoms with Crippen LogP contribution in [0.1, 0.15) is 19.7 Å². The fourth-order valence-electron chi connectivity index (χ4n) is 1.26. The van der Waals surface area contributed by atoms with Crippen molar-refractivity contribution in [1.82, 2.24) is 15.3 Å². The average molecular weight is 254 g/mol. The number of amides is 1. The number of aromatic amines is 1. The number of hydrogen-bond donors (Lipinski definition) is 3. The lowest BCUT2D eigenvalue weighted by molar-refractivity contribution is -0.127. The highest BCUT2D eigenvalue weighted by molar-refractivity contribution is 5.77. The largest absolute Gasteiger partial charge is 0.383 e. The van der Waals surface area contributed by atoms with Crippen molar-refractivity contribution in [2.24, 2.45) is 0 Å². The Morgan fingerprint density at radius 2 is 2.33 bits per heavy atom. The number of aromatic nitrogens is 2. The number of anilines is 1. The molecule has 1 heterocycles. The summed E-state index contributed by atoms with van der Waals surface area (Å²) in [5.41, 5.74) is 5.13. The Labute approximate surface area is 105 Å². The van der Waals surface area contributed by atoms with E-state index in [0.717, 1.165) is 0 Å². The van der Waals surface area contributed by atoms with E-state index in [1.54, 1.807) is 0 Å². The van der Waals surface area contributed by atoms with E-state index in [1.165, 1.54) is 6.07 Å². The monoisotopic (exact) mass is 254 g/mol. The van der Waals surface area contributed by atoms with Crippen LogP contribution in [0.5, 0.6) is 0 Å². The Bertz CT molecular complexity index is 456. The summed E-state index contributed by atoms with van der Waals surface area (Å²) in [5.74, 6) is 0.420. The van der Waals surface area contributed by atoms with Gasteiger partial charge in [-0.05, 0) is 13.8 Å². The van der Waals surface area contributed by atoms with E-state index in [-0.39, 0.29) is 30.0 Å². The quantitative estimate of drug-likeness (QED) is 0.630. The third kappa shape index (κ3) is 5.44. The van der Waals surface area contributed by atoms with E-state index in [0.29, 0.717) is 18.8 Å². The Hall–Kier alpha value is -1.89. The molecule has 0 spiro atoms. The molecule has 7 heteroatoms. The topological polar surface area (TPSA) is 110 Å². The summed E-state index contributed by atoms with van der Waals surface area (Å²) in [5, 5.41) is 2.66. The van der Waals surface area contributed by atoms with Gasteiger partial charge in [0.15, 0.2) is 0 Å². The zero-order chi connectivity index (χ0) is 13.5. The second-order valence-electron chi connectivity index (χ2n) is 4.08. The van der Waals surface area contributed by atoms with Crippen LogP contribution in [0.25, 0.3) is 0 Å². The fraction of sp³-hybridized carbons (Fsp3) is 0.545. The van der Waals surface area contributed by atoms with Gasteiger partial charge in [0, 0.05) is 19.0 Å². The molecule has 0 saturated carbocycles. The van der Waals surface area contributed by atoms with Crippen LogP contribution >= 0.6 is 0 Å². The van der Waals surface area contributed by atoms with Crippen LogP contribution in [-0.2, 0) is 16.0 Å². The average Bonchev–Trinajstić information content (AvgIpc) is 2.25. The molecule has 4 N–H and O–H groups in total. The second-order valence-corrected chi connectivity index (χ2v) is 4.08. The number of nitrogen functional groups attached to an aromatic ring is 1. The number of carbonyl (C=O) groups is 1. The standard InChI is InChI=1S/C11H18N4O3/c1-7(2)18-6-11(17)13-4-3-9-14-8(12)5-10(16)15-9/h5,7H,3-4,6H2,1-2H3,(H,13,17)(H3,12,14,15,16). The molecule has 100 valence electrons. The van der Waals surface area contributed by atoms with Crippen molar-refractivity contribution in [1.29, 1.82) is 0 Å². The van der Waals surface area contributed by atoms with Gasteiger partial charge in [-0.3, -0.25) is 9.59 Å². The molecule has 1 aromatic rings. The molecular weight excluding hydrogens is 236 g/mol. The molecule has 1 amide bonds. The zero-order valence-corrected chi connectivity index (χ0v) is 10.5. The van der Waals surface area contributed by atoms with Gasteiger partial charge in [0.05, 0.1) is 6.10 Å². The van der Waals surface area contributed by atoms with Crippen LogP contribution in [0.15, 0.2) is 10.9 Å². The lowest BCUT2D eigenvalue weighted by Gasteiger charge is -2.08. The minimum Gasteiger partial charge on any atom is -0.383 e. The minimum atomic E-state index is -0.299. The van der Waals surface area contributed by atoms with Crippen LogP contribution < -0.4 is 16.6 Å². The van der Waals surface area contributed by atoms with Gasteiger partial charge in [0.1, 0.15) is 18.2 Å². The molecule has 0 aliphatic carbocycles. The number of hydrogen-bond acceptors (Lipinski definition) is 5. The summed E-state index contributed by atoms with van der Waals surface area (Å²) in [6, 6.07) is 1.21. The molecule has 0 aromatic carbocycles. The molecular formula is C11H18N4O3. The lowest BCUT2D eigenvalue weighted by atomic mass is 10.4. The zero-order valence-electron chi connectivity index (χ0n) is 10.5. The van der Waals surface area contributed by atoms with Crippen molar-refractivity contribution in [3.05, 3.63) is 22.2 Å². The first kappa shape index (κ1) is 14.2. The second kappa shape index (κ2) is 6.75. The van der Waals surface area contributed by atoms with Crippen molar-refractivity contribution in [2.75, 3.05) is 18.9 Å². The predicted molar refractivity (Wildman–Crippen MR) is 67.1 cm³/mol. The van der Waals surface area contributed by atoms with Crippen molar-refractivity contribution in [3.8, 4) is 0 Å².